The van der Waals surface area contributed by atoms with Crippen molar-refractivity contribution >= 4 is 21.7 Å². The van der Waals surface area contributed by atoms with Crippen LogP contribution in [0.3, 0.4) is 0 Å². The molecule has 0 radical (unpaired) electrons. The molecule has 0 atom stereocenters. The molecule has 0 aliphatic carbocycles. The maximum absolute atomic E-state index is 12.8. The molecule has 1 rings (SSSR count). The number of Topliss-reactive ketones (excluding diaryl/α,β-unsaturated/α-hetero) is 1. The van der Waals surface area contributed by atoms with Gasteiger partial charge in [0.2, 0.25) is 0 Å². The molecular formula is C9H9BrFNO. The van der Waals surface area contributed by atoms with Gasteiger partial charge in [-0.2, -0.15) is 0 Å². The number of rotatable bonds is 3. The minimum absolute atomic E-state index is 0.122. The molecule has 0 unspecified atom stereocenters. The fourth-order valence-electron chi connectivity index (χ4n) is 0.977. The number of likely N-dealkylation sites (N-methyl/N-ethyl adjacent to an activating group) is 1. The van der Waals surface area contributed by atoms with E-state index in [4.69, 9.17) is 0 Å². The average molecular weight is 246 g/mol. The molecule has 1 aromatic carbocycles. The van der Waals surface area contributed by atoms with Crippen LogP contribution in [-0.2, 0) is 0 Å². The van der Waals surface area contributed by atoms with Gasteiger partial charge in [0.15, 0.2) is 5.78 Å². The van der Waals surface area contributed by atoms with E-state index in [2.05, 4.69) is 21.2 Å². The number of ketones is 1. The number of nitrogens with one attached hydrogen (secondary N) is 1. The van der Waals surface area contributed by atoms with E-state index in [1.54, 1.807) is 13.1 Å². The van der Waals surface area contributed by atoms with Crippen LogP contribution in [-0.4, -0.2) is 19.4 Å². The van der Waals surface area contributed by atoms with Crippen LogP contribution in [0.1, 0.15) is 10.4 Å². The lowest BCUT2D eigenvalue weighted by molar-refractivity contribution is 0.0993. The van der Waals surface area contributed by atoms with E-state index >= 15 is 0 Å². The number of carbonyl (C=O) groups excluding carboxylic acids is 1. The molecule has 0 aliphatic heterocycles. The van der Waals surface area contributed by atoms with Crippen LogP contribution >= 0.6 is 15.9 Å². The van der Waals surface area contributed by atoms with E-state index in [9.17, 15) is 9.18 Å². The van der Waals surface area contributed by atoms with Gasteiger partial charge in [-0.05, 0) is 25.2 Å². The van der Waals surface area contributed by atoms with Gasteiger partial charge in [-0.3, -0.25) is 4.79 Å². The Labute approximate surface area is 84.3 Å². The lowest BCUT2D eigenvalue weighted by atomic mass is 10.1. The zero-order valence-corrected chi connectivity index (χ0v) is 8.69. The molecule has 0 saturated heterocycles. The second-order valence-electron chi connectivity index (χ2n) is 2.61. The Balaban J connectivity index is 2.94. The lowest BCUT2D eigenvalue weighted by Gasteiger charge is -2.00. The zero-order chi connectivity index (χ0) is 9.84. The molecule has 13 heavy (non-hydrogen) atoms. The molecule has 0 aliphatic rings. The predicted molar refractivity (Wildman–Crippen MR) is 52.4 cm³/mol. The highest BCUT2D eigenvalue weighted by Gasteiger charge is 2.06. The molecular weight excluding hydrogens is 237 g/mol. The molecule has 0 heterocycles. The summed E-state index contributed by atoms with van der Waals surface area (Å²) >= 11 is 3.12. The summed E-state index contributed by atoms with van der Waals surface area (Å²) in [5.41, 5.74) is 0.376. The van der Waals surface area contributed by atoms with Gasteiger partial charge in [0.25, 0.3) is 0 Å². The first-order valence-electron chi connectivity index (χ1n) is 3.77. The normalized spacial score (nSPS) is 10.1. The summed E-state index contributed by atoms with van der Waals surface area (Å²) < 4.78 is 13.4. The summed E-state index contributed by atoms with van der Waals surface area (Å²) in [6, 6.07) is 4.14. The first kappa shape index (κ1) is 10.3. The van der Waals surface area contributed by atoms with E-state index in [0.717, 1.165) is 0 Å². The fraction of sp³-hybridized carbons (Fsp3) is 0.222. The van der Waals surface area contributed by atoms with Crippen LogP contribution in [0.2, 0.25) is 0 Å². The first-order valence-corrected chi connectivity index (χ1v) is 4.56. The number of hydrogen-bond acceptors (Lipinski definition) is 2. The van der Waals surface area contributed by atoms with Crippen molar-refractivity contribution in [2.75, 3.05) is 13.6 Å². The third kappa shape index (κ3) is 2.90. The van der Waals surface area contributed by atoms with Crippen molar-refractivity contribution in [3.8, 4) is 0 Å². The van der Waals surface area contributed by atoms with Gasteiger partial charge in [-0.1, -0.05) is 15.9 Å². The average Bonchev–Trinajstić information content (AvgIpc) is 2.03. The van der Waals surface area contributed by atoms with Gasteiger partial charge in [0.05, 0.1) is 6.54 Å². The zero-order valence-electron chi connectivity index (χ0n) is 7.10. The number of hydrogen-bond donors (Lipinski definition) is 1. The minimum Gasteiger partial charge on any atom is -0.313 e. The van der Waals surface area contributed by atoms with Crippen molar-refractivity contribution in [2.24, 2.45) is 0 Å². The maximum Gasteiger partial charge on any atom is 0.176 e. The largest absolute Gasteiger partial charge is 0.313 e. The van der Waals surface area contributed by atoms with Crippen molar-refractivity contribution in [2.45, 2.75) is 0 Å². The SMILES string of the molecule is CNCC(=O)c1cc(F)cc(Br)c1. The van der Waals surface area contributed by atoms with Gasteiger partial charge >= 0.3 is 0 Å². The lowest BCUT2D eigenvalue weighted by Crippen LogP contribution is -2.18. The summed E-state index contributed by atoms with van der Waals surface area (Å²) in [6.07, 6.45) is 0. The standard InChI is InChI=1S/C9H9BrFNO/c1-12-5-9(13)6-2-7(10)4-8(11)3-6/h2-4,12H,5H2,1H3. The summed E-state index contributed by atoms with van der Waals surface area (Å²) in [6.45, 7) is 0.218. The Bertz CT molecular complexity index is 307. The van der Waals surface area contributed by atoms with Crippen LogP contribution < -0.4 is 5.32 Å². The second-order valence-corrected chi connectivity index (χ2v) is 3.53. The van der Waals surface area contributed by atoms with Gasteiger partial charge in [0, 0.05) is 10.0 Å². The topological polar surface area (TPSA) is 29.1 Å². The molecule has 0 fully saturated rings. The van der Waals surface area contributed by atoms with Crippen LogP contribution in [0.15, 0.2) is 22.7 Å². The molecule has 2 nitrogen and oxygen atoms in total. The van der Waals surface area contributed by atoms with E-state index in [-0.39, 0.29) is 12.3 Å². The molecule has 0 spiro atoms. The third-order valence-electron chi connectivity index (χ3n) is 1.52. The second kappa shape index (κ2) is 4.48. The molecule has 0 amide bonds. The number of halogens is 2. The van der Waals surface area contributed by atoms with Gasteiger partial charge in [0.1, 0.15) is 5.82 Å². The Morgan fingerprint density at radius 2 is 2.23 bits per heavy atom. The maximum atomic E-state index is 12.8. The molecule has 4 heteroatoms. The fourth-order valence-corrected chi connectivity index (χ4v) is 1.44. The molecule has 1 aromatic rings. The quantitative estimate of drug-likeness (QED) is 0.826. The molecule has 1 N–H and O–H groups in total. The Morgan fingerprint density at radius 3 is 2.77 bits per heavy atom. The Morgan fingerprint density at radius 1 is 1.54 bits per heavy atom. The summed E-state index contributed by atoms with van der Waals surface area (Å²) in [7, 11) is 1.67. The third-order valence-corrected chi connectivity index (χ3v) is 1.98. The number of benzene rings is 1. The van der Waals surface area contributed by atoms with Crippen molar-refractivity contribution < 1.29 is 9.18 Å². The highest BCUT2D eigenvalue weighted by Crippen LogP contribution is 2.14. The van der Waals surface area contributed by atoms with E-state index in [1.807, 2.05) is 0 Å². The molecule has 0 bridgehead atoms. The van der Waals surface area contributed by atoms with Crippen molar-refractivity contribution in [1.29, 1.82) is 0 Å². The predicted octanol–water partition coefficient (Wildman–Crippen LogP) is 1.99. The highest BCUT2D eigenvalue weighted by molar-refractivity contribution is 9.10. The van der Waals surface area contributed by atoms with Crippen LogP contribution in [0.4, 0.5) is 4.39 Å². The number of carbonyl (C=O) groups is 1. The van der Waals surface area contributed by atoms with Crippen molar-refractivity contribution in [3.63, 3.8) is 0 Å². The summed E-state index contributed by atoms with van der Waals surface area (Å²) in [4.78, 5) is 11.3. The Hall–Kier alpha value is -0.740. The van der Waals surface area contributed by atoms with E-state index in [0.29, 0.717) is 10.0 Å². The van der Waals surface area contributed by atoms with E-state index < -0.39 is 5.82 Å². The van der Waals surface area contributed by atoms with Gasteiger partial charge < -0.3 is 5.32 Å². The smallest absolute Gasteiger partial charge is 0.176 e. The minimum atomic E-state index is -0.408. The van der Waals surface area contributed by atoms with Gasteiger partial charge in [-0.15, -0.1) is 0 Å². The van der Waals surface area contributed by atoms with Crippen LogP contribution in [0.25, 0.3) is 0 Å². The molecule has 70 valence electrons. The molecule has 0 aromatic heterocycles. The summed E-state index contributed by atoms with van der Waals surface area (Å²) in [5.74, 6) is -0.531. The molecule has 0 saturated carbocycles. The van der Waals surface area contributed by atoms with Crippen molar-refractivity contribution in [1.82, 2.24) is 5.32 Å². The van der Waals surface area contributed by atoms with Gasteiger partial charge in [-0.25, -0.2) is 4.39 Å². The Kier molecular flexibility index (Phi) is 3.57. The van der Waals surface area contributed by atoms with Crippen molar-refractivity contribution in [3.05, 3.63) is 34.1 Å². The summed E-state index contributed by atoms with van der Waals surface area (Å²) in [5, 5.41) is 2.72. The first-order chi connectivity index (χ1) is 6.13. The highest BCUT2D eigenvalue weighted by atomic mass is 79.9. The monoisotopic (exact) mass is 245 g/mol. The van der Waals surface area contributed by atoms with Crippen LogP contribution in [0.5, 0.6) is 0 Å². The van der Waals surface area contributed by atoms with Crippen LogP contribution in [0, 0.1) is 5.82 Å². The van der Waals surface area contributed by atoms with E-state index in [1.165, 1.54) is 12.1 Å².